The summed E-state index contributed by atoms with van der Waals surface area (Å²) in [6.45, 7) is 3.90. The fraction of sp³-hybridized carbons (Fsp3) is 0.889. The molecule has 0 aliphatic heterocycles. The van der Waals surface area contributed by atoms with Crippen LogP contribution in [-0.4, -0.2) is 75.8 Å². The predicted molar refractivity (Wildman–Crippen MR) is 217 cm³/mol. The van der Waals surface area contributed by atoms with Crippen molar-refractivity contribution in [1.82, 2.24) is 0 Å². The third kappa shape index (κ3) is 27.7. The highest BCUT2D eigenvalue weighted by Gasteiger charge is 2.41. The summed E-state index contributed by atoms with van der Waals surface area (Å²) >= 11 is 0. The van der Waals surface area contributed by atoms with E-state index in [4.69, 9.17) is 9.47 Å². The second-order valence-corrected chi connectivity index (χ2v) is 16.1. The van der Waals surface area contributed by atoms with Gasteiger partial charge in [-0.1, -0.05) is 161 Å². The number of ether oxygens (including phenoxy) is 2. The van der Waals surface area contributed by atoms with E-state index in [1.54, 1.807) is 12.2 Å². The second-order valence-electron chi connectivity index (χ2n) is 16.1. The van der Waals surface area contributed by atoms with Crippen LogP contribution in [-0.2, 0) is 23.9 Å². The largest absolute Gasteiger partial charge is 0.463 e. The van der Waals surface area contributed by atoms with E-state index in [9.17, 15) is 34.8 Å². The maximum absolute atomic E-state index is 12.7. The molecule has 54 heavy (non-hydrogen) atoms. The zero-order chi connectivity index (χ0) is 39.7. The van der Waals surface area contributed by atoms with Crippen molar-refractivity contribution in [2.75, 3.05) is 13.2 Å². The molecule has 1 aliphatic carbocycles. The van der Waals surface area contributed by atoms with Crippen LogP contribution < -0.4 is 0 Å². The number of ketones is 1. The van der Waals surface area contributed by atoms with Gasteiger partial charge in [-0.05, 0) is 25.7 Å². The summed E-state index contributed by atoms with van der Waals surface area (Å²) in [6, 6.07) is 0. The Labute approximate surface area is 329 Å². The van der Waals surface area contributed by atoms with E-state index in [1.807, 2.05) is 0 Å². The number of carbonyl (C=O) groups excluding carboxylic acids is 3. The first-order valence-corrected chi connectivity index (χ1v) is 22.4. The van der Waals surface area contributed by atoms with E-state index < -0.39 is 36.3 Å². The molecule has 0 aromatic carbocycles. The molecule has 0 spiro atoms. The second kappa shape index (κ2) is 34.4. The zero-order valence-electron chi connectivity index (χ0n) is 34.6. The van der Waals surface area contributed by atoms with Crippen molar-refractivity contribution in [3.8, 4) is 0 Å². The number of rotatable bonds is 37. The monoisotopic (exact) mass is 767 g/mol. The molecule has 0 radical (unpaired) electrons. The number of carbonyl (C=O) groups is 3. The summed E-state index contributed by atoms with van der Waals surface area (Å²) in [5.74, 6) is -1.66. The van der Waals surface area contributed by atoms with Gasteiger partial charge in [0.1, 0.15) is 25.1 Å². The lowest BCUT2D eigenvalue weighted by atomic mass is 9.87. The molecule has 1 saturated carbocycles. The van der Waals surface area contributed by atoms with E-state index in [2.05, 4.69) is 13.8 Å². The minimum absolute atomic E-state index is 0.0409. The van der Waals surface area contributed by atoms with Crippen molar-refractivity contribution in [3.63, 3.8) is 0 Å². The highest BCUT2D eigenvalue weighted by molar-refractivity contribution is 5.79. The lowest BCUT2D eigenvalue weighted by Crippen LogP contribution is -2.25. The number of aliphatic hydroxyl groups excluding tert-OH is 4. The van der Waals surface area contributed by atoms with Gasteiger partial charge in [0.2, 0.25) is 0 Å². The van der Waals surface area contributed by atoms with Crippen LogP contribution in [0.2, 0.25) is 0 Å². The van der Waals surface area contributed by atoms with Crippen LogP contribution in [0.25, 0.3) is 0 Å². The van der Waals surface area contributed by atoms with Crippen LogP contribution in [0.3, 0.4) is 0 Å². The van der Waals surface area contributed by atoms with E-state index in [-0.39, 0.29) is 56.6 Å². The quantitative estimate of drug-likeness (QED) is 0.0275. The molecule has 316 valence electrons. The summed E-state index contributed by atoms with van der Waals surface area (Å²) < 4.78 is 10.3. The number of hydrogen-bond acceptors (Lipinski definition) is 9. The molecule has 0 aromatic rings. The zero-order valence-corrected chi connectivity index (χ0v) is 34.6. The Morgan fingerprint density at radius 3 is 1.46 bits per heavy atom. The first-order chi connectivity index (χ1) is 26.2. The molecule has 1 rings (SSSR count). The van der Waals surface area contributed by atoms with Crippen LogP contribution in [0.1, 0.15) is 206 Å². The van der Waals surface area contributed by atoms with Crippen LogP contribution in [0, 0.1) is 11.8 Å². The van der Waals surface area contributed by atoms with Gasteiger partial charge in [0.25, 0.3) is 0 Å². The summed E-state index contributed by atoms with van der Waals surface area (Å²) in [5, 5.41) is 41.2. The average Bonchev–Trinajstić information content (AvgIpc) is 3.41. The molecule has 0 heterocycles. The number of Topliss-reactive ketones (excluding diaryl/α,β-unsaturated/α-hetero) is 1. The highest BCUT2D eigenvalue weighted by Crippen LogP contribution is 2.36. The molecule has 1 fully saturated rings. The molecule has 0 bridgehead atoms. The molecule has 9 nitrogen and oxygen atoms in total. The Kier molecular flexibility index (Phi) is 32.0. The molecule has 1 aliphatic rings. The SMILES string of the molecule is CCCCCCCCCCCCCCCCCCCCCC(=O)OC[C@@H](O)COC(=O)CCCCC(=O)C[C@@H]1[C@@H](/C=C/[C@@H](O)CCCCC)[C@H](O)C[C@@H]1O. The number of hydrogen-bond donors (Lipinski definition) is 4. The van der Waals surface area contributed by atoms with Crippen molar-refractivity contribution < 1.29 is 44.3 Å². The van der Waals surface area contributed by atoms with Gasteiger partial charge >= 0.3 is 11.9 Å². The predicted octanol–water partition coefficient (Wildman–Crippen LogP) is 9.63. The molecule has 0 amide bonds. The Hall–Kier alpha value is -1.81. The molecule has 0 saturated heterocycles. The molecule has 0 aromatic heterocycles. The van der Waals surface area contributed by atoms with Crippen LogP contribution in [0.4, 0.5) is 0 Å². The normalized spacial score (nSPS) is 19.7. The minimum Gasteiger partial charge on any atom is -0.463 e. The van der Waals surface area contributed by atoms with Crippen molar-refractivity contribution >= 4 is 17.7 Å². The van der Waals surface area contributed by atoms with Gasteiger partial charge in [-0.2, -0.15) is 0 Å². The molecule has 4 N–H and O–H groups in total. The Morgan fingerprint density at radius 2 is 0.981 bits per heavy atom. The van der Waals surface area contributed by atoms with Crippen molar-refractivity contribution in [2.24, 2.45) is 11.8 Å². The smallest absolute Gasteiger partial charge is 0.305 e. The van der Waals surface area contributed by atoms with Crippen LogP contribution in [0.5, 0.6) is 0 Å². The van der Waals surface area contributed by atoms with Gasteiger partial charge in [-0.3, -0.25) is 14.4 Å². The van der Waals surface area contributed by atoms with Gasteiger partial charge in [-0.25, -0.2) is 0 Å². The number of unbranched alkanes of at least 4 members (excludes halogenated alkanes) is 21. The fourth-order valence-corrected chi connectivity index (χ4v) is 7.50. The highest BCUT2D eigenvalue weighted by atomic mass is 16.6. The van der Waals surface area contributed by atoms with Crippen molar-refractivity contribution in [2.45, 2.75) is 231 Å². The Morgan fingerprint density at radius 1 is 0.574 bits per heavy atom. The number of esters is 2. The summed E-state index contributed by atoms with van der Waals surface area (Å²) in [7, 11) is 0. The molecule has 6 atom stereocenters. The lowest BCUT2D eigenvalue weighted by molar-refractivity contribution is -0.152. The maximum Gasteiger partial charge on any atom is 0.305 e. The minimum atomic E-state index is -1.09. The lowest BCUT2D eigenvalue weighted by Gasteiger charge is -2.20. The van der Waals surface area contributed by atoms with Gasteiger partial charge in [0.15, 0.2) is 0 Å². The van der Waals surface area contributed by atoms with Gasteiger partial charge in [0.05, 0.1) is 18.3 Å². The third-order valence-corrected chi connectivity index (χ3v) is 11.0. The van der Waals surface area contributed by atoms with Gasteiger partial charge in [-0.15, -0.1) is 0 Å². The standard InChI is InChI=1S/C45H82O9/c1-3-5-7-8-9-10-11-12-13-14-15-16-17-18-19-20-21-22-24-29-44(51)53-35-39(48)36-54-45(52)30-26-25-28-38(47)33-41-40(42(49)34-43(41)50)32-31-37(46)27-23-6-4-2/h31-32,37,39-43,46,48-50H,3-30,33-36H2,1-2H3/b32-31+/t37-,39+,40+,41+,42+,43-/m0/s1. The van der Waals surface area contributed by atoms with Crippen LogP contribution in [0.15, 0.2) is 12.2 Å². The van der Waals surface area contributed by atoms with Gasteiger partial charge < -0.3 is 29.9 Å². The number of aliphatic hydroxyl groups is 4. The Bertz CT molecular complexity index is 953. The third-order valence-electron chi connectivity index (χ3n) is 11.0. The topological polar surface area (TPSA) is 151 Å². The molecular formula is C45H82O9. The maximum atomic E-state index is 12.7. The van der Waals surface area contributed by atoms with Crippen molar-refractivity contribution in [1.29, 1.82) is 0 Å². The van der Waals surface area contributed by atoms with Crippen molar-refractivity contribution in [3.05, 3.63) is 12.2 Å². The first kappa shape index (κ1) is 50.2. The first-order valence-electron chi connectivity index (χ1n) is 22.4. The summed E-state index contributed by atoms with van der Waals surface area (Å²) in [5.41, 5.74) is 0. The molecular weight excluding hydrogens is 684 g/mol. The summed E-state index contributed by atoms with van der Waals surface area (Å²) in [6.07, 6.45) is 30.5. The van der Waals surface area contributed by atoms with E-state index in [0.29, 0.717) is 25.7 Å². The molecule has 9 heteroatoms. The van der Waals surface area contributed by atoms with Gasteiger partial charge in [0, 0.05) is 43.9 Å². The fourth-order valence-electron chi connectivity index (χ4n) is 7.50. The van der Waals surface area contributed by atoms with Crippen LogP contribution >= 0.6 is 0 Å². The average molecular weight is 767 g/mol. The Balaban J connectivity index is 1.99. The van der Waals surface area contributed by atoms with E-state index in [1.165, 1.54) is 103 Å². The summed E-state index contributed by atoms with van der Waals surface area (Å²) in [4.78, 5) is 36.8. The van der Waals surface area contributed by atoms with E-state index in [0.717, 1.165) is 38.5 Å². The van der Waals surface area contributed by atoms with E-state index >= 15 is 0 Å². The molecule has 0 unspecified atom stereocenters.